The maximum absolute atomic E-state index is 13.1. The molecule has 1 heterocycles. The van der Waals surface area contributed by atoms with E-state index in [-0.39, 0.29) is 22.8 Å². The molecule has 0 aromatic heterocycles. The highest BCUT2D eigenvalue weighted by Gasteiger charge is 2.46. The second-order valence-electron chi connectivity index (χ2n) is 8.20. The van der Waals surface area contributed by atoms with E-state index in [2.05, 4.69) is 6.58 Å². The van der Waals surface area contributed by atoms with Crippen LogP contribution >= 0.6 is 0 Å². The quantitative estimate of drug-likeness (QED) is 0.240. The van der Waals surface area contributed by atoms with Crippen molar-refractivity contribution in [1.29, 1.82) is 0 Å². The van der Waals surface area contributed by atoms with Gasteiger partial charge in [-0.2, -0.15) is 0 Å². The monoisotopic (exact) mass is 466 g/mol. The molecule has 2 aromatic rings. The normalized spacial score (nSPS) is 17.3. The molecule has 180 valence electrons. The Labute approximate surface area is 199 Å². The summed E-state index contributed by atoms with van der Waals surface area (Å²) >= 11 is 0. The molecule has 0 radical (unpaired) electrons. The minimum atomic E-state index is -0.826. The highest BCUT2D eigenvalue weighted by Crippen LogP contribution is 2.41. The fourth-order valence-electron chi connectivity index (χ4n) is 3.90. The molecule has 2 N–H and O–H groups in total. The third-order valence-electron chi connectivity index (χ3n) is 5.56. The first-order valence-corrected chi connectivity index (χ1v) is 10.9. The van der Waals surface area contributed by atoms with Gasteiger partial charge in [0.15, 0.2) is 11.5 Å². The number of methoxy groups -OCH3 is 1. The van der Waals surface area contributed by atoms with Crippen LogP contribution in [-0.2, 0) is 9.59 Å². The van der Waals surface area contributed by atoms with Crippen molar-refractivity contribution in [2.75, 3.05) is 40.9 Å². The Morgan fingerprint density at radius 2 is 1.88 bits per heavy atom. The lowest BCUT2D eigenvalue weighted by atomic mass is 9.95. The second-order valence-corrected chi connectivity index (χ2v) is 8.20. The standard InChI is InChI=1S/C26H30N2O6/c1-5-15-34-19-10-7-17(8-11-19)24(30)22-23(18-9-12-20(29)21(16-18)33-4)28(26(32)25(22)31)14-6-13-27(2)3/h5,7-12,16,23,29-30H,1,6,13-15H2,2-4H3/b24-22-. The molecule has 0 aliphatic carbocycles. The largest absolute Gasteiger partial charge is 0.507 e. The van der Waals surface area contributed by atoms with Gasteiger partial charge < -0.3 is 29.5 Å². The molecule has 8 nitrogen and oxygen atoms in total. The minimum Gasteiger partial charge on any atom is -0.507 e. The van der Waals surface area contributed by atoms with Crippen molar-refractivity contribution in [1.82, 2.24) is 9.80 Å². The van der Waals surface area contributed by atoms with Crippen molar-refractivity contribution in [2.24, 2.45) is 0 Å². The maximum Gasteiger partial charge on any atom is 0.295 e. The summed E-state index contributed by atoms with van der Waals surface area (Å²) in [5, 5.41) is 21.2. The fraction of sp³-hybridized carbons (Fsp3) is 0.308. The van der Waals surface area contributed by atoms with Crippen molar-refractivity contribution >= 4 is 17.4 Å². The Kier molecular flexibility index (Phi) is 7.96. The average Bonchev–Trinajstić information content (AvgIpc) is 3.07. The maximum atomic E-state index is 13.1. The first-order chi connectivity index (χ1) is 16.3. The first-order valence-electron chi connectivity index (χ1n) is 10.9. The minimum absolute atomic E-state index is 0.0117. The van der Waals surface area contributed by atoms with Crippen molar-refractivity contribution < 1.29 is 29.3 Å². The number of benzene rings is 2. The van der Waals surface area contributed by atoms with E-state index in [1.165, 1.54) is 18.1 Å². The summed E-state index contributed by atoms with van der Waals surface area (Å²) in [6.07, 6.45) is 2.26. The van der Waals surface area contributed by atoms with E-state index in [1.807, 2.05) is 19.0 Å². The summed E-state index contributed by atoms with van der Waals surface area (Å²) in [4.78, 5) is 29.6. The molecule has 0 bridgehead atoms. The van der Waals surface area contributed by atoms with Crippen LogP contribution in [0.4, 0.5) is 0 Å². The molecule has 0 spiro atoms. The topological polar surface area (TPSA) is 99.5 Å². The summed E-state index contributed by atoms with van der Waals surface area (Å²) in [6.45, 7) is 4.99. The van der Waals surface area contributed by atoms with Crippen LogP contribution in [0, 0.1) is 0 Å². The number of aliphatic hydroxyl groups is 1. The third-order valence-corrected chi connectivity index (χ3v) is 5.56. The van der Waals surface area contributed by atoms with Crippen molar-refractivity contribution in [3.05, 3.63) is 71.8 Å². The molecule has 0 saturated carbocycles. The number of carbonyl (C=O) groups excluding carboxylic acids is 2. The van der Waals surface area contributed by atoms with Crippen LogP contribution in [0.1, 0.15) is 23.6 Å². The van der Waals surface area contributed by atoms with E-state index in [0.717, 1.165) is 6.54 Å². The van der Waals surface area contributed by atoms with Crippen LogP contribution in [0.2, 0.25) is 0 Å². The van der Waals surface area contributed by atoms with Gasteiger partial charge >= 0.3 is 0 Å². The molecule has 1 unspecified atom stereocenters. The molecule has 1 saturated heterocycles. The zero-order valence-electron chi connectivity index (χ0n) is 19.7. The SMILES string of the molecule is C=CCOc1ccc(/C(O)=C2/C(=O)C(=O)N(CCCN(C)C)C2c2ccc(O)c(OC)c2)cc1. The molecule has 34 heavy (non-hydrogen) atoms. The number of ether oxygens (including phenoxy) is 2. The molecule has 8 heteroatoms. The molecule has 1 amide bonds. The van der Waals surface area contributed by atoms with E-state index >= 15 is 0 Å². The van der Waals surface area contributed by atoms with Crippen LogP contribution in [0.5, 0.6) is 17.2 Å². The number of hydrogen-bond donors (Lipinski definition) is 2. The van der Waals surface area contributed by atoms with Gasteiger partial charge in [0.2, 0.25) is 0 Å². The van der Waals surface area contributed by atoms with Crippen LogP contribution in [0.3, 0.4) is 0 Å². The van der Waals surface area contributed by atoms with Crippen LogP contribution < -0.4 is 9.47 Å². The smallest absolute Gasteiger partial charge is 0.295 e. The predicted molar refractivity (Wildman–Crippen MR) is 129 cm³/mol. The summed E-state index contributed by atoms with van der Waals surface area (Å²) in [6, 6.07) is 10.4. The summed E-state index contributed by atoms with van der Waals surface area (Å²) in [5.41, 5.74) is 0.918. The average molecular weight is 467 g/mol. The van der Waals surface area contributed by atoms with Gasteiger partial charge in [-0.1, -0.05) is 18.7 Å². The van der Waals surface area contributed by atoms with Gasteiger partial charge in [-0.25, -0.2) is 0 Å². The van der Waals surface area contributed by atoms with Gasteiger partial charge in [0.25, 0.3) is 11.7 Å². The number of phenols is 1. The second kappa shape index (κ2) is 10.9. The van der Waals surface area contributed by atoms with Crippen LogP contribution in [0.15, 0.2) is 60.7 Å². The van der Waals surface area contributed by atoms with Gasteiger partial charge in [-0.15, -0.1) is 0 Å². The summed E-state index contributed by atoms with van der Waals surface area (Å²) in [5.74, 6) is -0.984. The number of carbonyl (C=O) groups is 2. The first kappa shape index (κ1) is 24.9. The van der Waals surface area contributed by atoms with Crippen molar-refractivity contribution in [3.8, 4) is 17.2 Å². The van der Waals surface area contributed by atoms with E-state index in [9.17, 15) is 19.8 Å². The Balaban J connectivity index is 2.07. The van der Waals surface area contributed by atoms with Gasteiger partial charge in [0.1, 0.15) is 18.1 Å². The van der Waals surface area contributed by atoms with E-state index in [0.29, 0.717) is 36.4 Å². The lowest BCUT2D eigenvalue weighted by molar-refractivity contribution is -0.139. The number of hydrogen-bond acceptors (Lipinski definition) is 7. The lowest BCUT2D eigenvalue weighted by Crippen LogP contribution is -2.32. The molecular weight excluding hydrogens is 436 g/mol. The molecule has 1 aliphatic rings. The highest BCUT2D eigenvalue weighted by atomic mass is 16.5. The van der Waals surface area contributed by atoms with Gasteiger partial charge in [-0.05, 0) is 69.0 Å². The molecule has 1 fully saturated rings. The Morgan fingerprint density at radius 1 is 1.18 bits per heavy atom. The number of aliphatic hydroxyl groups excluding tert-OH is 1. The van der Waals surface area contributed by atoms with Crippen molar-refractivity contribution in [2.45, 2.75) is 12.5 Å². The molecular formula is C26H30N2O6. The number of phenolic OH excluding ortho intramolecular Hbond substituents is 1. The van der Waals surface area contributed by atoms with E-state index in [4.69, 9.17) is 9.47 Å². The Bertz CT molecular complexity index is 1090. The predicted octanol–water partition coefficient (Wildman–Crippen LogP) is 3.34. The number of aromatic hydroxyl groups is 1. The number of likely N-dealkylation sites (tertiary alicyclic amines) is 1. The zero-order chi connectivity index (χ0) is 24.8. The lowest BCUT2D eigenvalue weighted by Gasteiger charge is -2.26. The molecule has 3 rings (SSSR count). The Morgan fingerprint density at radius 3 is 2.50 bits per heavy atom. The number of Topliss-reactive ketones (excluding diaryl/α,β-unsaturated/α-hetero) is 1. The van der Waals surface area contributed by atoms with Gasteiger partial charge in [0.05, 0.1) is 18.7 Å². The van der Waals surface area contributed by atoms with Crippen LogP contribution in [0.25, 0.3) is 5.76 Å². The molecule has 1 aliphatic heterocycles. The van der Waals surface area contributed by atoms with E-state index in [1.54, 1.807) is 42.5 Å². The number of amides is 1. The number of nitrogens with zero attached hydrogens (tertiary/aromatic N) is 2. The highest BCUT2D eigenvalue weighted by molar-refractivity contribution is 6.46. The number of ketones is 1. The van der Waals surface area contributed by atoms with Crippen LogP contribution in [-0.4, -0.2) is 72.6 Å². The van der Waals surface area contributed by atoms with Gasteiger partial charge in [-0.3, -0.25) is 9.59 Å². The van der Waals surface area contributed by atoms with Crippen molar-refractivity contribution in [3.63, 3.8) is 0 Å². The summed E-state index contributed by atoms with van der Waals surface area (Å²) < 4.78 is 10.7. The Hall–Kier alpha value is -3.78. The molecule has 1 atom stereocenters. The third kappa shape index (κ3) is 5.23. The zero-order valence-corrected chi connectivity index (χ0v) is 19.7. The fourth-order valence-corrected chi connectivity index (χ4v) is 3.90. The van der Waals surface area contributed by atoms with E-state index < -0.39 is 17.7 Å². The number of rotatable bonds is 10. The molecule has 2 aromatic carbocycles. The van der Waals surface area contributed by atoms with Gasteiger partial charge in [0, 0.05) is 12.1 Å². The summed E-state index contributed by atoms with van der Waals surface area (Å²) in [7, 11) is 5.28.